The van der Waals surface area contributed by atoms with E-state index in [2.05, 4.69) is 22.1 Å². The van der Waals surface area contributed by atoms with Gasteiger partial charge >= 0.3 is 0 Å². The predicted octanol–water partition coefficient (Wildman–Crippen LogP) is 2.61. The normalized spacial score (nSPS) is 14.1. The molecule has 29 heavy (non-hydrogen) atoms. The molecule has 4 aromatic rings. The summed E-state index contributed by atoms with van der Waals surface area (Å²) in [6.07, 6.45) is 4.91. The number of fused-ring (bicyclic) bond motifs is 2. The summed E-state index contributed by atoms with van der Waals surface area (Å²) in [5.41, 5.74) is 6.73. The predicted molar refractivity (Wildman–Crippen MR) is 110 cm³/mol. The van der Waals surface area contributed by atoms with E-state index in [4.69, 9.17) is 5.10 Å². The number of pyridine rings is 1. The number of imidazole rings is 1. The van der Waals surface area contributed by atoms with Crippen molar-refractivity contribution < 1.29 is 4.79 Å². The van der Waals surface area contributed by atoms with Crippen molar-refractivity contribution in [3.8, 4) is 11.3 Å². The molecule has 0 radical (unpaired) electrons. The summed E-state index contributed by atoms with van der Waals surface area (Å²) in [6.45, 7) is 1.31. The molecule has 146 valence electrons. The van der Waals surface area contributed by atoms with Crippen LogP contribution in [0.15, 0.2) is 48.9 Å². The van der Waals surface area contributed by atoms with Gasteiger partial charge in [-0.05, 0) is 12.5 Å². The highest BCUT2D eigenvalue weighted by Crippen LogP contribution is 2.28. The van der Waals surface area contributed by atoms with Gasteiger partial charge in [0.2, 0.25) is 0 Å². The van der Waals surface area contributed by atoms with E-state index in [0.29, 0.717) is 18.7 Å². The minimum Gasteiger partial charge on any atom is -0.338 e. The maximum Gasteiger partial charge on any atom is 0.255 e. The van der Waals surface area contributed by atoms with Gasteiger partial charge in [0.1, 0.15) is 5.52 Å². The summed E-state index contributed by atoms with van der Waals surface area (Å²) in [5.74, 6) is 0.000780. The average molecular weight is 386 g/mol. The van der Waals surface area contributed by atoms with E-state index < -0.39 is 0 Å². The van der Waals surface area contributed by atoms with Crippen molar-refractivity contribution in [2.24, 2.45) is 14.1 Å². The van der Waals surface area contributed by atoms with Crippen LogP contribution in [-0.4, -0.2) is 48.2 Å². The SMILES string of the molecule is Cn1nc2c(c1-c1ccccc1)CCN(C(=O)c1cnc3c(c1)ncn3C)CC2. The minimum absolute atomic E-state index is 0.000780. The fourth-order valence-corrected chi connectivity index (χ4v) is 4.16. The minimum atomic E-state index is 0.000780. The number of rotatable bonds is 2. The molecule has 1 aromatic carbocycles. The lowest BCUT2D eigenvalue weighted by Gasteiger charge is -2.20. The van der Waals surface area contributed by atoms with Crippen LogP contribution in [0.2, 0.25) is 0 Å². The Morgan fingerprint density at radius 1 is 1.03 bits per heavy atom. The summed E-state index contributed by atoms with van der Waals surface area (Å²) in [6, 6.07) is 12.2. The second kappa shape index (κ2) is 6.84. The molecule has 3 aromatic heterocycles. The number of benzene rings is 1. The molecule has 0 saturated heterocycles. The average Bonchev–Trinajstić information content (AvgIpc) is 3.19. The molecule has 0 aliphatic carbocycles. The number of carbonyl (C=O) groups is 1. The Morgan fingerprint density at radius 2 is 1.83 bits per heavy atom. The molecule has 1 aliphatic heterocycles. The van der Waals surface area contributed by atoms with Crippen LogP contribution in [0.25, 0.3) is 22.4 Å². The molecule has 0 unspecified atom stereocenters. The molecule has 4 heterocycles. The summed E-state index contributed by atoms with van der Waals surface area (Å²) >= 11 is 0. The first-order chi connectivity index (χ1) is 14.1. The van der Waals surface area contributed by atoms with Crippen LogP contribution in [0.4, 0.5) is 0 Å². The van der Waals surface area contributed by atoms with Gasteiger partial charge in [0.25, 0.3) is 5.91 Å². The maximum atomic E-state index is 13.1. The van der Waals surface area contributed by atoms with Gasteiger partial charge in [-0.3, -0.25) is 9.48 Å². The van der Waals surface area contributed by atoms with Gasteiger partial charge in [0.05, 0.1) is 23.3 Å². The van der Waals surface area contributed by atoms with Crippen molar-refractivity contribution in [2.75, 3.05) is 13.1 Å². The highest BCUT2D eigenvalue weighted by atomic mass is 16.2. The molecule has 0 fully saturated rings. The number of aryl methyl sites for hydroxylation is 2. The fourth-order valence-electron chi connectivity index (χ4n) is 4.16. The molecule has 7 nitrogen and oxygen atoms in total. The Hall–Kier alpha value is -3.48. The first-order valence-corrected chi connectivity index (χ1v) is 9.78. The summed E-state index contributed by atoms with van der Waals surface area (Å²) < 4.78 is 3.82. The highest BCUT2D eigenvalue weighted by Gasteiger charge is 2.25. The largest absolute Gasteiger partial charge is 0.338 e. The Balaban J connectivity index is 1.41. The van der Waals surface area contributed by atoms with Gasteiger partial charge in [0.15, 0.2) is 5.65 Å². The van der Waals surface area contributed by atoms with E-state index in [9.17, 15) is 4.79 Å². The van der Waals surface area contributed by atoms with Gasteiger partial charge in [-0.2, -0.15) is 5.10 Å². The van der Waals surface area contributed by atoms with Crippen LogP contribution in [0.1, 0.15) is 21.6 Å². The van der Waals surface area contributed by atoms with Gasteiger partial charge < -0.3 is 9.47 Å². The maximum absolute atomic E-state index is 13.1. The van der Waals surface area contributed by atoms with Crippen molar-refractivity contribution in [1.82, 2.24) is 29.2 Å². The summed E-state index contributed by atoms with van der Waals surface area (Å²) in [7, 11) is 3.89. The van der Waals surface area contributed by atoms with Crippen molar-refractivity contribution in [3.63, 3.8) is 0 Å². The molecule has 1 amide bonds. The molecule has 0 N–H and O–H groups in total. The van der Waals surface area contributed by atoms with Crippen molar-refractivity contribution >= 4 is 17.1 Å². The Labute approximate surface area is 168 Å². The molecule has 7 heteroatoms. The quantitative estimate of drug-likeness (QED) is 0.531. The third-order valence-corrected chi connectivity index (χ3v) is 5.61. The van der Waals surface area contributed by atoms with Gasteiger partial charge in [-0.25, -0.2) is 9.97 Å². The molecule has 1 aliphatic rings. The van der Waals surface area contributed by atoms with E-state index in [1.54, 1.807) is 12.5 Å². The van der Waals surface area contributed by atoms with Crippen molar-refractivity contribution in [3.05, 3.63) is 65.7 Å². The van der Waals surface area contributed by atoms with Gasteiger partial charge in [0, 0.05) is 50.9 Å². The van der Waals surface area contributed by atoms with Crippen molar-refractivity contribution in [1.29, 1.82) is 0 Å². The lowest BCUT2D eigenvalue weighted by Crippen LogP contribution is -2.33. The van der Waals surface area contributed by atoms with Crippen LogP contribution in [0.3, 0.4) is 0 Å². The van der Waals surface area contributed by atoms with Crippen LogP contribution < -0.4 is 0 Å². The first-order valence-electron chi connectivity index (χ1n) is 9.78. The lowest BCUT2D eigenvalue weighted by molar-refractivity contribution is 0.0762. The molecular formula is C22H22N6O. The molecule has 0 saturated carbocycles. The number of aromatic nitrogens is 5. The molecule has 0 bridgehead atoms. The van der Waals surface area contributed by atoms with Crippen LogP contribution in [-0.2, 0) is 26.9 Å². The number of hydrogen-bond donors (Lipinski definition) is 0. The number of carbonyl (C=O) groups excluding carboxylic acids is 1. The molecule has 0 spiro atoms. The number of hydrogen-bond acceptors (Lipinski definition) is 4. The zero-order valence-corrected chi connectivity index (χ0v) is 16.5. The van der Waals surface area contributed by atoms with E-state index in [0.717, 1.165) is 41.0 Å². The number of amides is 1. The summed E-state index contributed by atoms with van der Waals surface area (Å²) in [4.78, 5) is 23.8. The van der Waals surface area contributed by atoms with Crippen LogP contribution in [0.5, 0.6) is 0 Å². The zero-order valence-electron chi connectivity index (χ0n) is 16.5. The summed E-state index contributed by atoms with van der Waals surface area (Å²) in [5, 5.41) is 4.75. The standard InChI is InChI=1S/C22H22N6O/c1-26-14-24-19-12-16(13-23-21(19)26)22(29)28-10-8-17-18(9-11-28)25-27(2)20(17)15-6-4-3-5-7-15/h3-7,12-14H,8-11H2,1-2H3. The van der Waals surface area contributed by atoms with E-state index in [-0.39, 0.29) is 5.91 Å². The number of nitrogens with zero attached hydrogens (tertiary/aromatic N) is 6. The third kappa shape index (κ3) is 2.99. The Bertz CT molecular complexity index is 1210. The topological polar surface area (TPSA) is 68.8 Å². The Morgan fingerprint density at radius 3 is 2.66 bits per heavy atom. The fraction of sp³-hybridized carbons (Fsp3) is 0.273. The van der Waals surface area contributed by atoms with E-state index in [1.165, 1.54) is 5.56 Å². The van der Waals surface area contributed by atoms with Gasteiger partial charge in [-0.1, -0.05) is 30.3 Å². The van der Waals surface area contributed by atoms with E-state index >= 15 is 0 Å². The second-order valence-corrected chi connectivity index (χ2v) is 7.48. The lowest BCUT2D eigenvalue weighted by atomic mass is 10.0. The van der Waals surface area contributed by atoms with Crippen molar-refractivity contribution in [2.45, 2.75) is 12.8 Å². The monoisotopic (exact) mass is 386 g/mol. The van der Waals surface area contributed by atoms with Gasteiger partial charge in [-0.15, -0.1) is 0 Å². The zero-order chi connectivity index (χ0) is 20.0. The van der Waals surface area contributed by atoms with Crippen LogP contribution in [0, 0.1) is 0 Å². The first kappa shape index (κ1) is 17.6. The highest BCUT2D eigenvalue weighted by molar-refractivity contribution is 5.96. The molecule has 0 atom stereocenters. The molecular weight excluding hydrogens is 364 g/mol. The third-order valence-electron chi connectivity index (χ3n) is 5.61. The van der Waals surface area contributed by atoms with E-state index in [1.807, 2.05) is 52.5 Å². The second-order valence-electron chi connectivity index (χ2n) is 7.48. The Kier molecular flexibility index (Phi) is 4.16. The smallest absolute Gasteiger partial charge is 0.255 e. The van der Waals surface area contributed by atoms with Crippen LogP contribution >= 0.6 is 0 Å². The molecule has 5 rings (SSSR count).